The van der Waals surface area contributed by atoms with Gasteiger partial charge in [0.05, 0.1) is 55.4 Å². The van der Waals surface area contributed by atoms with Crippen molar-refractivity contribution >= 4 is 88.1 Å². The molecule has 0 spiro atoms. The van der Waals surface area contributed by atoms with Crippen LogP contribution in [0.3, 0.4) is 0 Å². The molecule has 0 fully saturated rings. The van der Waals surface area contributed by atoms with Crippen LogP contribution in [0.25, 0.3) is 124 Å². The smallest absolute Gasteiger partial charge is 0.309 e. The van der Waals surface area contributed by atoms with Crippen LogP contribution in [0.15, 0.2) is 188 Å². The molecule has 87 heavy (non-hydrogen) atoms. The summed E-state index contributed by atoms with van der Waals surface area (Å²) in [7, 11) is 0. The molecule has 0 aliphatic heterocycles. The minimum absolute atomic E-state index is 0.000452. The topological polar surface area (TPSA) is 14.8 Å². The summed E-state index contributed by atoms with van der Waals surface area (Å²) < 4.78 is 175. The first-order chi connectivity index (χ1) is 41.3. The molecule has 0 aliphatic rings. The van der Waals surface area contributed by atoms with E-state index >= 15 is 0 Å². The predicted octanol–water partition coefficient (Wildman–Crippen LogP) is 23.1. The van der Waals surface area contributed by atoms with E-state index in [0.29, 0.717) is 11.4 Å². The molecule has 434 valence electrons. The average molecular weight is 1220 g/mol. The zero-order valence-electron chi connectivity index (χ0n) is 46.1. The number of halogens is 12. The van der Waals surface area contributed by atoms with Gasteiger partial charge in [0.15, 0.2) is 0 Å². The van der Waals surface area contributed by atoms with E-state index in [9.17, 15) is 52.7 Å². The molecule has 0 aliphatic carbocycles. The van der Waals surface area contributed by atoms with Crippen molar-refractivity contribution < 1.29 is 52.7 Å². The van der Waals surface area contributed by atoms with Crippen LogP contribution in [0.4, 0.5) is 52.7 Å². The zero-order valence-corrected chi connectivity index (χ0v) is 47.7. The Labute approximate surface area is 495 Å². The van der Waals surface area contributed by atoms with Gasteiger partial charge in [0.1, 0.15) is 5.00 Å². The lowest BCUT2D eigenvalue weighted by molar-refractivity contribution is -0.138. The van der Waals surface area contributed by atoms with E-state index in [2.05, 4.69) is 68.7 Å². The number of nitrogens with zero attached hydrogens (tertiary/aromatic N) is 3. The molecule has 9 aromatic carbocycles. The molecule has 17 heteroatoms. The first-order valence-corrected chi connectivity index (χ1v) is 29.0. The summed E-state index contributed by atoms with van der Waals surface area (Å²) >= 11 is 3.41. The highest BCUT2D eigenvalue weighted by atomic mass is 32.1. The van der Waals surface area contributed by atoms with Crippen LogP contribution in [0, 0.1) is 27.7 Å². The fourth-order valence-electron chi connectivity index (χ4n) is 12.2. The molecule has 3 nitrogen and oxygen atoms in total. The number of hydrogen-bond donors (Lipinski definition) is 0. The monoisotopic (exact) mass is 1220 g/mol. The van der Waals surface area contributed by atoms with E-state index in [1.165, 1.54) is 24.3 Å². The molecule has 0 unspecified atom stereocenters. The van der Waals surface area contributed by atoms with Gasteiger partial charge in [-0.25, -0.2) is 0 Å². The van der Waals surface area contributed by atoms with Gasteiger partial charge in [0, 0.05) is 58.3 Å². The van der Waals surface area contributed by atoms with Crippen LogP contribution in [-0.4, -0.2) is 13.7 Å². The third-order valence-electron chi connectivity index (χ3n) is 16.8. The van der Waals surface area contributed by atoms with Crippen molar-refractivity contribution in [3.8, 4) is 58.8 Å². The molecule has 0 bridgehead atoms. The summed E-state index contributed by atoms with van der Waals surface area (Å²) in [6, 6.07) is 49.5. The van der Waals surface area contributed by atoms with Crippen molar-refractivity contribution in [2.24, 2.45) is 0 Å². The molecule has 5 aromatic heterocycles. The number of rotatable bonds is 7. The number of alkyl halides is 12. The highest BCUT2D eigenvalue weighted by molar-refractivity contribution is 7.25. The fraction of sp³-hybridized carbons (Fsp3) is 0.114. The quantitative estimate of drug-likeness (QED) is 0.141. The van der Waals surface area contributed by atoms with Crippen molar-refractivity contribution in [2.45, 2.75) is 52.4 Å². The van der Waals surface area contributed by atoms with Gasteiger partial charge in [-0.05, 0) is 205 Å². The Morgan fingerprint density at radius 2 is 0.575 bits per heavy atom. The predicted molar refractivity (Wildman–Crippen MR) is 326 cm³/mol. The van der Waals surface area contributed by atoms with Crippen LogP contribution in [0.2, 0.25) is 0 Å². The molecule has 0 N–H and O–H groups in total. The Hall–Kier alpha value is -9.06. The fourth-order valence-corrected chi connectivity index (χ4v) is 15.1. The van der Waals surface area contributed by atoms with Crippen molar-refractivity contribution in [1.29, 1.82) is 0 Å². The number of fused-ring (bicyclic) bond motifs is 9. The summed E-state index contributed by atoms with van der Waals surface area (Å²) in [5, 5.41) is 3.42. The lowest BCUT2D eigenvalue weighted by Crippen LogP contribution is -2.04. The third-order valence-corrected chi connectivity index (χ3v) is 19.8. The average Bonchev–Trinajstić information content (AvgIpc) is 1.62. The van der Waals surface area contributed by atoms with Gasteiger partial charge in [-0.1, -0.05) is 60.7 Å². The van der Waals surface area contributed by atoms with Crippen LogP contribution >= 0.6 is 22.7 Å². The van der Waals surface area contributed by atoms with Gasteiger partial charge in [-0.3, -0.25) is 0 Å². The van der Waals surface area contributed by atoms with Crippen LogP contribution in [-0.2, 0) is 24.7 Å². The summed E-state index contributed by atoms with van der Waals surface area (Å²) in [4.78, 5) is 3.23. The molecule has 5 heterocycles. The van der Waals surface area contributed by atoms with Gasteiger partial charge in [-0.2, -0.15) is 52.7 Å². The number of benzene rings is 9. The first kappa shape index (κ1) is 55.8. The summed E-state index contributed by atoms with van der Waals surface area (Å²) in [6.45, 7) is 8.51. The largest absolute Gasteiger partial charge is 0.416 e. The summed E-state index contributed by atoms with van der Waals surface area (Å²) in [5.74, 6) is 0. The second-order valence-corrected chi connectivity index (χ2v) is 23.9. The van der Waals surface area contributed by atoms with Gasteiger partial charge < -0.3 is 13.7 Å². The molecule has 0 amide bonds. The van der Waals surface area contributed by atoms with E-state index < -0.39 is 47.0 Å². The molecule has 0 saturated heterocycles. The zero-order chi connectivity index (χ0) is 61.0. The summed E-state index contributed by atoms with van der Waals surface area (Å²) in [6.07, 6.45) is -19.0. The lowest BCUT2D eigenvalue weighted by atomic mass is 9.94. The Bertz CT molecular complexity index is 4730. The van der Waals surface area contributed by atoms with Gasteiger partial charge in [0.25, 0.3) is 0 Å². The van der Waals surface area contributed by atoms with Crippen molar-refractivity contribution in [3.05, 3.63) is 233 Å². The van der Waals surface area contributed by atoms with Crippen molar-refractivity contribution in [1.82, 2.24) is 13.7 Å². The molecule has 0 radical (unpaired) electrons. The highest BCUT2D eigenvalue weighted by Gasteiger charge is 2.36. The van der Waals surface area contributed by atoms with E-state index in [1.807, 2.05) is 54.6 Å². The maximum absolute atomic E-state index is 14.1. The molecular weight excluding hydrogens is 1170 g/mol. The number of thiophene rings is 2. The number of aromatic nitrogens is 3. The Morgan fingerprint density at radius 3 is 0.943 bits per heavy atom. The second-order valence-electron chi connectivity index (χ2n) is 21.8. The van der Waals surface area contributed by atoms with Crippen molar-refractivity contribution in [3.63, 3.8) is 0 Å². The highest BCUT2D eigenvalue weighted by Crippen LogP contribution is 2.51. The minimum Gasteiger partial charge on any atom is -0.309 e. The molecule has 14 aromatic rings. The van der Waals surface area contributed by atoms with E-state index in [4.69, 9.17) is 0 Å². The molecule has 14 rings (SSSR count). The number of hydrogen-bond acceptors (Lipinski definition) is 2. The Balaban J connectivity index is 0.915. The second kappa shape index (κ2) is 19.7. The first-order valence-electron chi connectivity index (χ1n) is 27.3. The lowest BCUT2D eigenvalue weighted by Gasteiger charge is -2.14. The van der Waals surface area contributed by atoms with Gasteiger partial charge >= 0.3 is 24.7 Å². The van der Waals surface area contributed by atoms with E-state index in [0.717, 1.165) is 140 Å². The van der Waals surface area contributed by atoms with E-state index in [1.54, 1.807) is 56.1 Å². The Kier molecular flexibility index (Phi) is 12.7. The molecular formula is C70H43F12N3S2. The normalized spacial score (nSPS) is 12.8. The maximum atomic E-state index is 14.1. The molecule has 0 atom stereocenters. The maximum Gasteiger partial charge on any atom is 0.416 e. The van der Waals surface area contributed by atoms with E-state index in [-0.39, 0.29) is 43.6 Å². The Morgan fingerprint density at radius 1 is 0.264 bits per heavy atom. The standard InChI is InChI=1S/C70H43F12N3S2/c1-36-37(2)64(65-38(3)39(4)66(87-65)85-57-11-7-5-9-51(57)52-10-6-8-12-58(52)85)86-63(36)44-30-42(40-13-21-49(22-14-40)83-59-25-17-45(67(71,72)73)32-53(59)54-33-46(68(74,75)76)18-26-60(54)83)29-43(31-44)41-15-23-50(24-16-41)84-61-27-19-47(69(77,78)79)34-55(61)56-35-48(70(80,81)82)20-28-62(56)84/h5-35H,1-4H3. The summed E-state index contributed by atoms with van der Waals surface area (Å²) in [5.41, 5.74) is 8.54. The van der Waals surface area contributed by atoms with Crippen LogP contribution < -0.4 is 0 Å². The van der Waals surface area contributed by atoms with Gasteiger partial charge in [-0.15, -0.1) is 22.7 Å². The van der Waals surface area contributed by atoms with Crippen molar-refractivity contribution in [2.75, 3.05) is 0 Å². The van der Waals surface area contributed by atoms with Crippen LogP contribution in [0.5, 0.6) is 0 Å². The number of para-hydroxylation sites is 2. The SMILES string of the molecule is Cc1c(-c2cc(-c3ccc(-n4c5ccc(C(F)(F)F)cc5c5cc(C(F)(F)F)ccc54)cc3)cc(-c3ccc(-n4c5ccc(C(F)(F)F)cc5c5cc(C(F)(F)F)ccc54)cc3)c2)sc(-c2sc(-n3c4ccccc4c4ccccc43)c(C)c2C)c1C. The van der Waals surface area contributed by atoms with Gasteiger partial charge in [0.2, 0.25) is 0 Å². The molecule has 0 saturated carbocycles. The van der Waals surface area contributed by atoms with Crippen LogP contribution in [0.1, 0.15) is 44.5 Å². The minimum atomic E-state index is -4.75. The third kappa shape index (κ3) is 9.18.